The number of phenols is 2. The predicted molar refractivity (Wildman–Crippen MR) is 285 cm³/mol. The molecule has 3 fully saturated rings. The highest BCUT2D eigenvalue weighted by atomic mass is 16.7. The number of benzene rings is 2. The number of esters is 1. The lowest BCUT2D eigenvalue weighted by Crippen LogP contribution is -2.50. The summed E-state index contributed by atoms with van der Waals surface area (Å²) in [6.45, 7) is 22.6. The minimum absolute atomic E-state index is 0.0270. The van der Waals surface area contributed by atoms with Crippen LogP contribution in [0.5, 0.6) is 17.2 Å². The van der Waals surface area contributed by atoms with E-state index in [4.69, 9.17) is 28.9 Å². The highest BCUT2D eigenvalue weighted by Gasteiger charge is 2.50. The van der Waals surface area contributed by atoms with Gasteiger partial charge in [0.25, 0.3) is 11.7 Å². The van der Waals surface area contributed by atoms with Gasteiger partial charge in [-0.3, -0.25) is 34.1 Å². The number of amides is 2. The molecule has 17 heteroatoms. The highest BCUT2D eigenvalue weighted by Crippen LogP contribution is 2.50. The SMILES string of the molecule is CO[C@H]1/C=C/OC2(C)Oc3c(C)c(O)c4c(O)c(c5c(c4c3C2=O)=NC2(CCN(CC(C)C)CC2)N=5)NC(=O)/C(C)=C\C=C\C(C)C[C@@H](C)C(O)[C@@H](C)C(OC(=O)CC(=O)N2CCN(CC3CCCCC3)CC2)[C@@H]1C. The molecule has 4 N–H and O–H groups in total. The molecule has 2 aromatic rings. The number of hydrogen-bond acceptors (Lipinski definition) is 15. The van der Waals surface area contributed by atoms with Crippen molar-refractivity contribution >= 4 is 40.0 Å². The van der Waals surface area contributed by atoms with Crippen LogP contribution in [0, 0.1) is 42.4 Å². The smallest absolute Gasteiger partial charge is 0.315 e. The molecule has 2 amide bonds. The molecule has 5 bridgehead atoms. The molecule has 410 valence electrons. The van der Waals surface area contributed by atoms with Gasteiger partial charge in [-0.2, -0.15) is 0 Å². The molecule has 2 aromatic carbocycles. The summed E-state index contributed by atoms with van der Waals surface area (Å²) >= 11 is 0. The number of Topliss-reactive ketones (excluding diaryl/α,β-unsaturated/α-hetero) is 1. The zero-order valence-corrected chi connectivity index (χ0v) is 45.9. The first kappa shape index (κ1) is 55.9. The minimum atomic E-state index is -1.98. The number of rotatable bonds is 8. The van der Waals surface area contributed by atoms with Crippen LogP contribution < -0.4 is 20.8 Å². The van der Waals surface area contributed by atoms with Gasteiger partial charge in [-0.1, -0.05) is 79.0 Å². The Bertz CT molecular complexity index is 2720. The number of aromatic hydroxyl groups is 2. The second-order valence-electron chi connectivity index (χ2n) is 23.2. The van der Waals surface area contributed by atoms with Crippen molar-refractivity contribution in [2.24, 2.45) is 45.5 Å². The summed E-state index contributed by atoms with van der Waals surface area (Å²) in [5.74, 6) is -5.33. The molecule has 6 aliphatic heterocycles. The van der Waals surface area contributed by atoms with Crippen LogP contribution in [0.4, 0.5) is 5.69 Å². The summed E-state index contributed by atoms with van der Waals surface area (Å²) in [5.41, 5.74) is -0.473. The number of piperidine rings is 1. The van der Waals surface area contributed by atoms with Gasteiger partial charge < -0.3 is 49.4 Å². The molecule has 7 aliphatic rings. The molecule has 0 radical (unpaired) electrons. The number of ether oxygens (including phenoxy) is 4. The number of carbonyl (C=O) groups is 4. The van der Waals surface area contributed by atoms with Crippen molar-refractivity contribution in [2.45, 2.75) is 150 Å². The Labute approximate surface area is 442 Å². The molecule has 4 unspecified atom stereocenters. The summed E-state index contributed by atoms with van der Waals surface area (Å²) in [4.78, 5) is 73.5. The molecular formula is C58H82N6O11. The van der Waals surface area contributed by atoms with Crippen molar-refractivity contribution in [3.63, 3.8) is 0 Å². The van der Waals surface area contributed by atoms with Crippen molar-refractivity contribution in [1.82, 2.24) is 14.7 Å². The number of piperazine rings is 1. The van der Waals surface area contributed by atoms with E-state index in [9.17, 15) is 34.5 Å². The summed E-state index contributed by atoms with van der Waals surface area (Å²) in [7, 11) is 1.50. The van der Waals surface area contributed by atoms with E-state index in [1.54, 1.807) is 37.0 Å². The lowest BCUT2D eigenvalue weighted by Gasteiger charge is -2.38. The number of likely N-dealkylation sites (tertiary alicyclic amines) is 1. The Balaban J connectivity index is 1.12. The number of phenolic OH excluding ortho intramolecular Hbond substituents is 2. The molecule has 2 saturated heterocycles. The van der Waals surface area contributed by atoms with E-state index in [0.29, 0.717) is 62.9 Å². The van der Waals surface area contributed by atoms with E-state index in [1.165, 1.54) is 52.4 Å². The van der Waals surface area contributed by atoms with E-state index >= 15 is 0 Å². The third-order valence-electron chi connectivity index (χ3n) is 16.9. The zero-order valence-electron chi connectivity index (χ0n) is 45.9. The number of fused-ring (bicyclic) bond motifs is 13. The van der Waals surface area contributed by atoms with Crippen LogP contribution in [0.3, 0.4) is 0 Å². The minimum Gasteiger partial charge on any atom is -0.507 e. The van der Waals surface area contributed by atoms with Crippen LogP contribution in [-0.4, -0.2) is 143 Å². The second kappa shape index (κ2) is 23.1. The Morgan fingerprint density at radius 3 is 2.24 bits per heavy atom. The van der Waals surface area contributed by atoms with E-state index < -0.39 is 71.4 Å². The van der Waals surface area contributed by atoms with E-state index in [1.807, 2.05) is 33.8 Å². The third-order valence-corrected chi connectivity index (χ3v) is 16.9. The number of nitrogens with zero attached hydrogens (tertiary/aromatic N) is 5. The summed E-state index contributed by atoms with van der Waals surface area (Å²) in [6, 6.07) is 0. The Morgan fingerprint density at radius 2 is 1.57 bits per heavy atom. The first-order chi connectivity index (χ1) is 35.6. The first-order valence-electron chi connectivity index (χ1n) is 27.6. The number of aliphatic hydroxyl groups excluding tert-OH is 1. The lowest BCUT2D eigenvalue weighted by atomic mass is 9.79. The molecule has 1 aliphatic carbocycles. The highest BCUT2D eigenvalue weighted by molar-refractivity contribution is 6.19. The van der Waals surface area contributed by atoms with Crippen LogP contribution in [0.2, 0.25) is 0 Å². The number of hydrogen-bond donors (Lipinski definition) is 4. The Morgan fingerprint density at radius 1 is 0.893 bits per heavy atom. The van der Waals surface area contributed by atoms with Gasteiger partial charge in [-0.25, -0.2) is 0 Å². The number of nitrogens with one attached hydrogen (secondary N) is 1. The predicted octanol–water partition coefficient (Wildman–Crippen LogP) is 6.87. The normalized spacial score (nSPS) is 30.7. The monoisotopic (exact) mass is 1040 g/mol. The number of carbonyl (C=O) groups excluding carboxylic acids is 4. The zero-order chi connectivity index (χ0) is 54.1. The maximum atomic E-state index is 15.0. The van der Waals surface area contributed by atoms with Gasteiger partial charge >= 0.3 is 11.8 Å². The summed E-state index contributed by atoms with van der Waals surface area (Å²) < 4.78 is 24.9. The van der Waals surface area contributed by atoms with E-state index in [0.717, 1.165) is 26.2 Å². The lowest BCUT2D eigenvalue weighted by molar-refractivity contribution is -0.164. The number of methoxy groups -OCH3 is 1. The van der Waals surface area contributed by atoms with Crippen LogP contribution in [-0.2, 0) is 28.6 Å². The van der Waals surface area contributed by atoms with Crippen molar-refractivity contribution in [1.29, 1.82) is 0 Å². The fourth-order valence-corrected chi connectivity index (χ4v) is 12.4. The van der Waals surface area contributed by atoms with Gasteiger partial charge in [-0.15, -0.1) is 0 Å². The van der Waals surface area contributed by atoms with Crippen molar-refractivity contribution in [2.75, 3.05) is 64.8 Å². The van der Waals surface area contributed by atoms with Crippen LogP contribution >= 0.6 is 0 Å². The molecule has 1 saturated carbocycles. The first-order valence-corrected chi connectivity index (χ1v) is 27.6. The van der Waals surface area contributed by atoms with Crippen molar-refractivity contribution < 1.29 is 53.4 Å². The maximum absolute atomic E-state index is 15.0. The van der Waals surface area contributed by atoms with Crippen LogP contribution in [0.15, 0.2) is 46.1 Å². The van der Waals surface area contributed by atoms with Crippen LogP contribution in [0.1, 0.15) is 129 Å². The molecule has 1 spiro atoms. The van der Waals surface area contributed by atoms with Gasteiger partial charge in [0, 0.05) is 108 Å². The van der Waals surface area contributed by atoms with E-state index in [-0.39, 0.29) is 67.5 Å². The average Bonchev–Trinajstić information content (AvgIpc) is 3.88. The molecular weight excluding hydrogens is 957 g/mol. The quantitative estimate of drug-likeness (QED) is 0.121. The molecule has 6 heterocycles. The van der Waals surface area contributed by atoms with Gasteiger partial charge in [0.1, 0.15) is 35.1 Å². The van der Waals surface area contributed by atoms with Gasteiger partial charge in [0.2, 0.25) is 5.91 Å². The second-order valence-corrected chi connectivity index (χ2v) is 23.2. The van der Waals surface area contributed by atoms with Gasteiger partial charge in [0.05, 0.1) is 34.8 Å². The summed E-state index contributed by atoms with van der Waals surface area (Å²) in [5, 5.41) is 39.6. The van der Waals surface area contributed by atoms with Gasteiger partial charge in [-0.05, 0) is 62.9 Å². The summed E-state index contributed by atoms with van der Waals surface area (Å²) in [6.07, 6.45) is 13.2. The number of aliphatic hydroxyl groups is 1. The third kappa shape index (κ3) is 11.8. The number of allylic oxidation sites excluding steroid dienone is 3. The van der Waals surface area contributed by atoms with E-state index in [2.05, 4.69) is 29.0 Å². The largest absolute Gasteiger partial charge is 0.507 e. The fourth-order valence-electron chi connectivity index (χ4n) is 12.4. The molecule has 8 atom stereocenters. The Hall–Kier alpha value is -5.36. The Kier molecular flexibility index (Phi) is 17.2. The standard InChI is InChI=1S/C58H82N6O11/c1-33(2)31-62-22-20-58(21-23-62)60-47-44-45-51(68)39(8)54-46(44)55(70)57(9,75-54)73-28-19-41(72-10)37(6)53(74-43(66)30-42(65)64-26-24-63(25-27-64)32-40-17-12-11-13-18-40)38(7)50(67)36(5)29-34(3)15-14-16-35(4)56(71)59-49(52(45)69)48(47)61-58/h14-16,19,28,33-34,36-38,40-41,50,53,67-69H,11-13,17-18,20-27,29-32H2,1-10H3,(H,59,71)/b15-14+,28-19+,35-16-/t34?,36-,37-,38-,41+,50?,53?,57?/m1/s1. The fraction of sp³-hybridized carbons (Fsp3) is 0.655. The van der Waals surface area contributed by atoms with Crippen LogP contribution in [0.25, 0.3) is 10.8 Å². The molecule has 9 rings (SSSR count). The van der Waals surface area contributed by atoms with Crippen molar-refractivity contribution in [3.05, 3.63) is 58.0 Å². The maximum Gasteiger partial charge on any atom is 0.315 e. The number of anilines is 1. The molecule has 17 nitrogen and oxygen atoms in total. The average molecular weight is 1040 g/mol. The van der Waals surface area contributed by atoms with Gasteiger partial charge in [0.15, 0.2) is 11.4 Å². The topological polar surface area (TPSA) is 212 Å². The molecule has 0 aromatic heterocycles. The van der Waals surface area contributed by atoms with Crippen molar-refractivity contribution in [3.8, 4) is 17.2 Å². The molecule has 75 heavy (non-hydrogen) atoms. The number of ketones is 1.